The summed E-state index contributed by atoms with van der Waals surface area (Å²) in [6.07, 6.45) is 0. The molecule has 0 saturated heterocycles. The molecule has 44 valence electrons. The van der Waals surface area contributed by atoms with Crippen LogP contribution >= 0.6 is 24.0 Å². The van der Waals surface area contributed by atoms with Gasteiger partial charge in [-0.05, 0) is 18.4 Å². The van der Waals surface area contributed by atoms with Gasteiger partial charge in [-0.1, -0.05) is 6.07 Å². The molecule has 0 aliphatic carbocycles. The summed E-state index contributed by atoms with van der Waals surface area (Å²) in [5.41, 5.74) is 0. The van der Waals surface area contributed by atoms with E-state index in [-0.39, 0.29) is 0 Å². The van der Waals surface area contributed by atoms with Gasteiger partial charge in [-0.2, -0.15) is 12.6 Å². The zero-order valence-electron chi connectivity index (χ0n) is 4.66. The van der Waals surface area contributed by atoms with E-state index in [1.807, 2.05) is 6.07 Å². The molecule has 0 nitrogen and oxygen atoms in total. The van der Waals surface area contributed by atoms with Crippen LogP contribution in [0.2, 0.25) is 0 Å². The van der Waals surface area contributed by atoms with Crippen LogP contribution in [0.25, 0.3) is 0 Å². The number of thiol groups is 1. The average Bonchev–Trinajstić information content (AvgIpc) is 2.12. The summed E-state index contributed by atoms with van der Waals surface area (Å²) in [6.45, 7) is 2.08. The fourth-order valence-corrected chi connectivity index (χ4v) is 1.47. The quantitative estimate of drug-likeness (QED) is 0.576. The van der Waals surface area contributed by atoms with E-state index < -0.39 is 0 Å². The van der Waals surface area contributed by atoms with Crippen molar-refractivity contribution in [2.24, 2.45) is 0 Å². The number of thiophene rings is 1. The predicted molar refractivity (Wildman–Crippen MR) is 41.7 cm³/mol. The highest BCUT2D eigenvalue weighted by Gasteiger charge is 1.96. The topological polar surface area (TPSA) is 0 Å². The van der Waals surface area contributed by atoms with Crippen molar-refractivity contribution in [3.63, 3.8) is 0 Å². The van der Waals surface area contributed by atoms with E-state index in [4.69, 9.17) is 0 Å². The highest BCUT2D eigenvalue weighted by Crippen LogP contribution is 2.22. The summed E-state index contributed by atoms with van der Waals surface area (Å²) in [7, 11) is 0. The third-order valence-electron chi connectivity index (χ3n) is 0.955. The van der Waals surface area contributed by atoms with Gasteiger partial charge in [-0.3, -0.25) is 0 Å². The second-order valence-electron chi connectivity index (χ2n) is 1.69. The Morgan fingerprint density at radius 1 is 1.75 bits per heavy atom. The summed E-state index contributed by atoms with van der Waals surface area (Å²) in [5, 5.41) is 2.47. The maximum absolute atomic E-state index is 4.26. The van der Waals surface area contributed by atoms with Crippen molar-refractivity contribution in [1.29, 1.82) is 0 Å². The molecule has 1 rings (SSSR count). The van der Waals surface area contributed by atoms with Gasteiger partial charge in [0.2, 0.25) is 0 Å². The van der Waals surface area contributed by atoms with Crippen molar-refractivity contribution in [2.75, 3.05) is 0 Å². The Balaban J connectivity index is 2.77. The maximum atomic E-state index is 4.26. The normalized spacial score (nSPS) is 13.8. The fourth-order valence-electron chi connectivity index (χ4n) is 0.529. The Hall–Kier alpha value is 0.0500. The lowest BCUT2D eigenvalue weighted by Gasteiger charge is -1.94. The first kappa shape index (κ1) is 6.17. The van der Waals surface area contributed by atoms with E-state index >= 15 is 0 Å². The molecule has 1 heterocycles. The van der Waals surface area contributed by atoms with Crippen LogP contribution in [-0.4, -0.2) is 0 Å². The van der Waals surface area contributed by atoms with E-state index in [1.165, 1.54) is 4.88 Å². The molecule has 0 N–H and O–H groups in total. The number of hydrogen-bond acceptors (Lipinski definition) is 2. The fraction of sp³-hybridized carbons (Fsp3) is 0.333. The van der Waals surface area contributed by atoms with Crippen molar-refractivity contribution >= 4 is 24.0 Å². The largest absolute Gasteiger partial charge is 0.171 e. The van der Waals surface area contributed by atoms with Gasteiger partial charge in [0.25, 0.3) is 0 Å². The smallest absolute Gasteiger partial charge is 0.0332 e. The first-order valence-corrected chi connectivity index (χ1v) is 3.92. The van der Waals surface area contributed by atoms with Crippen LogP contribution in [-0.2, 0) is 0 Å². The minimum atomic E-state index is 0.398. The highest BCUT2D eigenvalue weighted by molar-refractivity contribution is 7.80. The molecule has 0 amide bonds. The molecular formula is C6H8S2. The maximum Gasteiger partial charge on any atom is 0.0332 e. The van der Waals surface area contributed by atoms with Crippen LogP contribution in [0.1, 0.15) is 17.1 Å². The molecular weight excluding hydrogens is 136 g/mol. The Labute approximate surface area is 59.0 Å². The van der Waals surface area contributed by atoms with E-state index in [1.54, 1.807) is 11.3 Å². The zero-order chi connectivity index (χ0) is 5.98. The lowest BCUT2D eigenvalue weighted by molar-refractivity contribution is 1.15. The van der Waals surface area contributed by atoms with Crippen LogP contribution < -0.4 is 0 Å². The van der Waals surface area contributed by atoms with Crippen LogP contribution in [0.5, 0.6) is 0 Å². The summed E-state index contributed by atoms with van der Waals surface area (Å²) < 4.78 is 0. The summed E-state index contributed by atoms with van der Waals surface area (Å²) >= 11 is 6.02. The van der Waals surface area contributed by atoms with Crippen molar-refractivity contribution < 1.29 is 0 Å². The molecule has 0 aromatic carbocycles. The lowest BCUT2D eigenvalue weighted by Crippen LogP contribution is -1.72. The second kappa shape index (κ2) is 2.55. The second-order valence-corrected chi connectivity index (χ2v) is 3.45. The molecule has 0 unspecified atom stereocenters. The lowest BCUT2D eigenvalue weighted by atomic mass is 10.4. The van der Waals surface area contributed by atoms with Crippen LogP contribution in [0, 0.1) is 0 Å². The first-order chi connectivity index (χ1) is 3.80. The Morgan fingerprint density at radius 2 is 2.50 bits per heavy atom. The van der Waals surface area contributed by atoms with Crippen LogP contribution in [0.3, 0.4) is 0 Å². The molecule has 0 aliphatic heterocycles. The Kier molecular flexibility index (Phi) is 1.97. The molecule has 0 aliphatic rings. The molecule has 1 atom stereocenters. The molecule has 0 bridgehead atoms. The molecule has 0 spiro atoms. The van der Waals surface area contributed by atoms with Crippen molar-refractivity contribution in [2.45, 2.75) is 12.2 Å². The van der Waals surface area contributed by atoms with Gasteiger partial charge in [0.15, 0.2) is 0 Å². The van der Waals surface area contributed by atoms with Crippen molar-refractivity contribution in [1.82, 2.24) is 0 Å². The van der Waals surface area contributed by atoms with Gasteiger partial charge in [0.1, 0.15) is 0 Å². The SMILES string of the molecule is C[C@@H](S)c1cccs1. The third kappa shape index (κ3) is 1.26. The van der Waals surface area contributed by atoms with E-state index in [2.05, 4.69) is 31.0 Å². The summed E-state index contributed by atoms with van der Waals surface area (Å²) in [6, 6.07) is 4.15. The van der Waals surface area contributed by atoms with Gasteiger partial charge >= 0.3 is 0 Å². The van der Waals surface area contributed by atoms with Crippen molar-refractivity contribution in [3.05, 3.63) is 22.4 Å². The first-order valence-electron chi connectivity index (χ1n) is 2.52. The minimum absolute atomic E-state index is 0.398. The minimum Gasteiger partial charge on any atom is -0.171 e. The third-order valence-corrected chi connectivity index (χ3v) is 2.46. The molecule has 1 aromatic rings. The summed E-state index contributed by atoms with van der Waals surface area (Å²) in [5.74, 6) is 0. The van der Waals surface area contributed by atoms with Crippen LogP contribution in [0.4, 0.5) is 0 Å². The zero-order valence-corrected chi connectivity index (χ0v) is 6.38. The molecule has 8 heavy (non-hydrogen) atoms. The standard InChI is InChI=1S/C6H8S2/c1-5(7)6-3-2-4-8-6/h2-5,7H,1H3/t5-/m1/s1. The van der Waals surface area contributed by atoms with Gasteiger partial charge in [0.05, 0.1) is 0 Å². The molecule has 2 heteroatoms. The van der Waals surface area contributed by atoms with E-state index in [0.717, 1.165) is 0 Å². The molecule has 1 aromatic heterocycles. The summed E-state index contributed by atoms with van der Waals surface area (Å²) in [4.78, 5) is 1.34. The molecule has 0 radical (unpaired) electrons. The van der Waals surface area contributed by atoms with E-state index in [0.29, 0.717) is 5.25 Å². The Bertz CT molecular complexity index is 142. The predicted octanol–water partition coefficient (Wildman–Crippen LogP) is 2.74. The monoisotopic (exact) mass is 144 g/mol. The van der Waals surface area contributed by atoms with Gasteiger partial charge in [-0.25, -0.2) is 0 Å². The number of hydrogen-bond donors (Lipinski definition) is 1. The van der Waals surface area contributed by atoms with Gasteiger partial charge in [0, 0.05) is 10.1 Å². The van der Waals surface area contributed by atoms with Crippen molar-refractivity contribution in [3.8, 4) is 0 Å². The average molecular weight is 144 g/mol. The highest BCUT2D eigenvalue weighted by atomic mass is 32.1. The molecule has 0 fully saturated rings. The van der Waals surface area contributed by atoms with Gasteiger partial charge < -0.3 is 0 Å². The van der Waals surface area contributed by atoms with E-state index in [9.17, 15) is 0 Å². The van der Waals surface area contributed by atoms with Gasteiger partial charge in [-0.15, -0.1) is 11.3 Å². The Morgan fingerprint density at radius 3 is 2.75 bits per heavy atom. The molecule has 0 saturated carbocycles. The van der Waals surface area contributed by atoms with Crippen LogP contribution in [0.15, 0.2) is 17.5 Å². The number of rotatable bonds is 1.